The molecule has 4 nitrogen and oxygen atoms in total. The maximum absolute atomic E-state index is 13.7. The van der Waals surface area contributed by atoms with Crippen LogP contribution in [0.25, 0.3) is 0 Å². The largest absolute Gasteiger partial charge is 0.481 e. The van der Waals surface area contributed by atoms with Gasteiger partial charge in [-0.25, -0.2) is 8.78 Å². The third kappa shape index (κ3) is 2.60. The summed E-state index contributed by atoms with van der Waals surface area (Å²) in [5, 5.41) is 11.9. The predicted molar refractivity (Wildman–Crippen MR) is 65.4 cm³/mol. The number of halogens is 3. The lowest BCUT2D eigenvalue weighted by molar-refractivity contribution is -0.149. The van der Waals surface area contributed by atoms with Gasteiger partial charge in [-0.3, -0.25) is 9.69 Å². The van der Waals surface area contributed by atoms with E-state index in [0.29, 0.717) is 13.0 Å². The van der Waals surface area contributed by atoms with Crippen molar-refractivity contribution >= 4 is 18.4 Å². The first-order chi connectivity index (χ1) is 7.74. The van der Waals surface area contributed by atoms with E-state index in [-0.39, 0.29) is 31.5 Å². The minimum Gasteiger partial charge on any atom is -0.481 e. The minimum atomic E-state index is -2.75. The number of nitrogens with zero attached hydrogens (tertiary/aromatic N) is 1. The van der Waals surface area contributed by atoms with E-state index >= 15 is 0 Å². The molecule has 0 saturated carbocycles. The molecule has 0 aromatic carbocycles. The molecule has 2 unspecified atom stereocenters. The van der Waals surface area contributed by atoms with E-state index in [1.54, 1.807) is 18.7 Å². The Morgan fingerprint density at radius 2 is 2.17 bits per heavy atom. The van der Waals surface area contributed by atoms with Gasteiger partial charge in [-0.2, -0.15) is 0 Å². The molecule has 0 aromatic heterocycles. The van der Waals surface area contributed by atoms with Crippen molar-refractivity contribution in [3.8, 4) is 0 Å². The first kappa shape index (κ1) is 15.6. The van der Waals surface area contributed by atoms with Crippen molar-refractivity contribution in [3.63, 3.8) is 0 Å². The fourth-order valence-corrected chi connectivity index (χ4v) is 2.76. The summed E-state index contributed by atoms with van der Waals surface area (Å²) in [4.78, 5) is 12.7. The van der Waals surface area contributed by atoms with Gasteiger partial charge in [-0.05, 0) is 20.3 Å². The second-order valence-corrected chi connectivity index (χ2v) is 5.64. The van der Waals surface area contributed by atoms with Crippen LogP contribution in [0.5, 0.6) is 0 Å². The molecule has 18 heavy (non-hydrogen) atoms. The molecule has 0 spiro atoms. The number of fused-ring (bicyclic) bond motifs is 1. The zero-order valence-corrected chi connectivity index (χ0v) is 11.3. The van der Waals surface area contributed by atoms with Crippen molar-refractivity contribution in [2.24, 2.45) is 5.41 Å². The lowest BCUT2D eigenvalue weighted by atomic mass is 9.92. The maximum Gasteiger partial charge on any atom is 0.310 e. The summed E-state index contributed by atoms with van der Waals surface area (Å²) in [6, 6.07) is -1.05. The Bertz CT molecular complexity index is 339. The van der Waals surface area contributed by atoms with Crippen LogP contribution in [-0.4, -0.2) is 53.6 Å². The SMILES string of the molecule is CC(C)(CN1CCC2NCC(F)(F)C21)C(=O)O.Cl. The Hall–Kier alpha value is -0.460. The molecule has 2 aliphatic heterocycles. The molecule has 2 saturated heterocycles. The Balaban J connectivity index is 0.00000162. The van der Waals surface area contributed by atoms with Crippen LogP contribution in [0.4, 0.5) is 8.78 Å². The van der Waals surface area contributed by atoms with Crippen LogP contribution in [0.15, 0.2) is 0 Å². The number of aliphatic carboxylic acids is 1. The van der Waals surface area contributed by atoms with E-state index in [0.717, 1.165) is 0 Å². The molecule has 0 radical (unpaired) electrons. The Morgan fingerprint density at radius 1 is 1.56 bits per heavy atom. The van der Waals surface area contributed by atoms with E-state index in [1.807, 2.05) is 0 Å². The smallest absolute Gasteiger partial charge is 0.310 e. The molecular formula is C11H19ClF2N2O2. The highest BCUT2D eigenvalue weighted by atomic mass is 35.5. The van der Waals surface area contributed by atoms with Crippen molar-refractivity contribution in [2.75, 3.05) is 19.6 Å². The third-order valence-corrected chi connectivity index (χ3v) is 3.71. The van der Waals surface area contributed by atoms with Crippen LogP contribution in [0.2, 0.25) is 0 Å². The summed E-state index contributed by atoms with van der Waals surface area (Å²) in [6.45, 7) is 3.55. The topological polar surface area (TPSA) is 52.6 Å². The number of nitrogens with one attached hydrogen (secondary N) is 1. The predicted octanol–water partition coefficient (Wildman–Crippen LogP) is 1.20. The number of hydrogen-bond acceptors (Lipinski definition) is 3. The minimum absolute atomic E-state index is 0. The number of carbonyl (C=O) groups is 1. The van der Waals surface area contributed by atoms with E-state index in [4.69, 9.17) is 5.11 Å². The van der Waals surface area contributed by atoms with E-state index in [1.165, 1.54) is 0 Å². The average Bonchev–Trinajstić information content (AvgIpc) is 2.69. The molecule has 0 aromatic rings. The van der Waals surface area contributed by atoms with Gasteiger partial charge < -0.3 is 10.4 Å². The second kappa shape index (κ2) is 4.90. The van der Waals surface area contributed by atoms with Gasteiger partial charge in [0.25, 0.3) is 5.92 Å². The van der Waals surface area contributed by atoms with Gasteiger partial charge >= 0.3 is 5.97 Å². The molecule has 2 atom stereocenters. The van der Waals surface area contributed by atoms with Crippen molar-refractivity contribution < 1.29 is 18.7 Å². The van der Waals surface area contributed by atoms with Gasteiger partial charge in [0.05, 0.1) is 18.0 Å². The first-order valence-electron chi connectivity index (χ1n) is 5.83. The summed E-state index contributed by atoms with van der Waals surface area (Å²) in [7, 11) is 0. The standard InChI is InChI=1S/C11H18F2N2O2.ClH/c1-10(2,9(16)17)6-15-4-3-7-8(15)11(12,13)5-14-7;/h7-8,14H,3-6H2,1-2H3,(H,16,17);1H. The number of carboxylic acid groups (broad SMARTS) is 1. The van der Waals surface area contributed by atoms with Crippen LogP contribution < -0.4 is 5.32 Å². The summed E-state index contributed by atoms with van der Waals surface area (Å²) in [6.07, 6.45) is 0.663. The van der Waals surface area contributed by atoms with E-state index < -0.39 is 23.3 Å². The molecule has 2 N–H and O–H groups in total. The van der Waals surface area contributed by atoms with Gasteiger partial charge in [0.15, 0.2) is 0 Å². The van der Waals surface area contributed by atoms with E-state index in [9.17, 15) is 13.6 Å². The van der Waals surface area contributed by atoms with Crippen molar-refractivity contribution in [1.29, 1.82) is 0 Å². The summed E-state index contributed by atoms with van der Waals surface area (Å²) < 4.78 is 27.3. The number of hydrogen-bond donors (Lipinski definition) is 2. The summed E-state index contributed by atoms with van der Waals surface area (Å²) in [5.41, 5.74) is -0.993. The zero-order chi connectivity index (χ0) is 12.8. The highest BCUT2D eigenvalue weighted by Crippen LogP contribution is 2.37. The Labute approximate surface area is 111 Å². The molecular weight excluding hydrogens is 266 g/mol. The van der Waals surface area contributed by atoms with Crippen LogP contribution in [-0.2, 0) is 4.79 Å². The summed E-state index contributed by atoms with van der Waals surface area (Å²) >= 11 is 0. The van der Waals surface area contributed by atoms with Gasteiger partial charge in [0.1, 0.15) is 0 Å². The number of carboxylic acids is 1. The van der Waals surface area contributed by atoms with Crippen molar-refractivity contribution in [2.45, 2.75) is 38.3 Å². The van der Waals surface area contributed by atoms with Gasteiger partial charge in [-0.15, -0.1) is 12.4 Å². The Morgan fingerprint density at radius 3 is 2.72 bits per heavy atom. The molecule has 2 rings (SSSR count). The molecule has 2 aliphatic rings. The summed E-state index contributed by atoms with van der Waals surface area (Å²) in [5.74, 6) is -3.70. The van der Waals surface area contributed by atoms with E-state index in [2.05, 4.69) is 5.32 Å². The molecule has 0 bridgehead atoms. The molecule has 2 heterocycles. The third-order valence-electron chi connectivity index (χ3n) is 3.71. The number of rotatable bonds is 3. The first-order valence-corrected chi connectivity index (χ1v) is 5.83. The molecule has 0 amide bonds. The highest BCUT2D eigenvalue weighted by Gasteiger charge is 2.56. The van der Waals surface area contributed by atoms with Crippen LogP contribution in [0.1, 0.15) is 20.3 Å². The molecule has 0 aliphatic carbocycles. The van der Waals surface area contributed by atoms with Gasteiger partial charge in [-0.1, -0.05) is 0 Å². The Kier molecular flexibility index (Phi) is 4.25. The van der Waals surface area contributed by atoms with Crippen LogP contribution in [0.3, 0.4) is 0 Å². The quantitative estimate of drug-likeness (QED) is 0.818. The number of alkyl halides is 2. The van der Waals surface area contributed by atoms with Gasteiger partial charge in [0.2, 0.25) is 0 Å². The second-order valence-electron chi connectivity index (χ2n) is 5.64. The van der Waals surface area contributed by atoms with Crippen LogP contribution >= 0.6 is 12.4 Å². The lowest BCUT2D eigenvalue weighted by Crippen LogP contribution is -2.49. The lowest BCUT2D eigenvalue weighted by Gasteiger charge is -2.32. The average molecular weight is 285 g/mol. The zero-order valence-electron chi connectivity index (χ0n) is 10.4. The fraction of sp³-hybridized carbons (Fsp3) is 0.909. The van der Waals surface area contributed by atoms with Crippen LogP contribution in [0, 0.1) is 5.41 Å². The molecule has 7 heteroatoms. The number of likely N-dealkylation sites (tertiary alicyclic amines) is 1. The monoisotopic (exact) mass is 284 g/mol. The maximum atomic E-state index is 13.7. The van der Waals surface area contributed by atoms with Crippen molar-refractivity contribution in [3.05, 3.63) is 0 Å². The normalized spacial score (nSPS) is 30.9. The molecule has 106 valence electrons. The highest BCUT2D eigenvalue weighted by molar-refractivity contribution is 5.85. The van der Waals surface area contributed by atoms with Crippen molar-refractivity contribution in [1.82, 2.24) is 10.2 Å². The fourth-order valence-electron chi connectivity index (χ4n) is 2.76. The van der Waals surface area contributed by atoms with Gasteiger partial charge in [0, 0.05) is 19.1 Å². The molecule has 2 fully saturated rings.